The van der Waals surface area contributed by atoms with E-state index in [1.165, 1.54) is 0 Å². The van der Waals surface area contributed by atoms with Crippen molar-refractivity contribution in [1.82, 2.24) is 20.4 Å². The van der Waals surface area contributed by atoms with E-state index in [-0.39, 0.29) is 5.91 Å². The molecule has 1 atom stereocenters. The van der Waals surface area contributed by atoms with E-state index in [1.54, 1.807) is 18.7 Å². The van der Waals surface area contributed by atoms with Gasteiger partial charge < -0.3 is 14.6 Å². The molecule has 1 fully saturated rings. The highest BCUT2D eigenvalue weighted by molar-refractivity contribution is 7.98. The number of nitrogens with zero attached hydrogens (tertiary/aromatic N) is 3. The van der Waals surface area contributed by atoms with Gasteiger partial charge in [0.2, 0.25) is 5.89 Å². The van der Waals surface area contributed by atoms with Crippen LogP contribution in [0.3, 0.4) is 0 Å². The lowest BCUT2D eigenvalue weighted by molar-refractivity contribution is 0.00190. The molecule has 0 bridgehead atoms. The van der Waals surface area contributed by atoms with Gasteiger partial charge in [-0.1, -0.05) is 44.0 Å². The first-order valence-electron chi connectivity index (χ1n) is 10.7. The van der Waals surface area contributed by atoms with Crippen LogP contribution < -0.4 is 5.32 Å². The molecule has 1 N–H and O–H groups in total. The molecule has 8 heteroatoms. The van der Waals surface area contributed by atoms with E-state index in [0.717, 1.165) is 44.0 Å². The fraction of sp³-hybridized carbons (Fsp3) is 0.591. The van der Waals surface area contributed by atoms with E-state index >= 15 is 0 Å². The number of ether oxygens (including phenoxy) is 1. The van der Waals surface area contributed by atoms with Crippen LogP contribution in [0, 0.1) is 12.8 Å². The lowest BCUT2D eigenvalue weighted by Gasteiger charge is -2.38. The van der Waals surface area contributed by atoms with E-state index in [0.29, 0.717) is 41.5 Å². The Kier molecular flexibility index (Phi) is 8.72. The summed E-state index contributed by atoms with van der Waals surface area (Å²) in [6, 6.07) is 8.02. The predicted molar refractivity (Wildman–Crippen MR) is 118 cm³/mol. The Hall–Kier alpha value is -1.90. The van der Waals surface area contributed by atoms with Gasteiger partial charge in [-0.3, -0.25) is 9.69 Å². The standard InChI is InChI=1S/C22H32N4O3S/c1-4-17(5-2)19(26-10-12-28-13-11-26)14-23-22(27)18-8-6-7-9-20(18)30-15-21-24-16(3)29-25-21/h6-9,17,19H,4-5,10-15H2,1-3H3,(H,23,27). The molecule has 0 radical (unpaired) electrons. The van der Waals surface area contributed by atoms with Gasteiger partial charge in [0.1, 0.15) is 0 Å². The first-order chi connectivity index (χ1) is 14.6. The maximum absolute atomic E-state index is 13.1. The van der Waals surface area contributed by atoms with Crippen LogP contribution in [-0.2, 0) is 10.5 Å². The second-order valence-corrected chi connectivity index (χ2v) is 8.53. The number of hydrogen-bond acceptors (Lipinski definition) is 7. The van der Waals surface area contributed by atoms with Gasteiger partial charge in [0, 0.05) is 37.5 Å². The van der Waals surface area contributed by atoms with Crippen molar-refractivity contribution >= 4 is 17.7 Å². The SMILES string of the molecule is CCC(CC)C(CNC(=O)c1ccccc1SCc1noc(C)n1)N1CCOCC1. The van der Waals surface area contributed by atoms with Gasteiger partial charge in [-0.05, 0) is 18.1 Å². The molecule has 0 saturated carbocycles. The number of thioether (sulfide) groups is 1. The molecular weight excluding hydrogens is 400 g/mol. The second kappa shape index (κ2) is 11.5. The van der Waals surface area contributed by atoms with Gasteiger partial charge in [0.05, 0.1) is 24.5 Å². The zero-order chi connectivity index (χ0) is 21.3. The fourth-order valence-electron chi connectivity index (χ4n) is 3.95. The zero-order valence-electron chi connectivity index (χ0n) is 18.1. The average molecular weight is 433 g/mol. The van der Waals surface area contributed by atoms with Gasteiger partial charge >= 0.3 is 0 Å². The molecule has 164 valence electrons. The highest BCUT2D eigenvalue weighted by atomic mass is 32.2. The molecule has 2 aromatic rings. The maximum atomic E-state index is 13.1. The van der Waals surface area contributed by atoms with Crippen LogP contribution >= 0.6 is 11.8 Å². The minimum atomic E-state index is -0.0355. The summed E-state index contributed by atoms with van der Waals surface area (Å²) in [5.74, 6) is 2.26. The van der Waals surface area contributed by atoms with Crippen LogP contribution in [0.4, 0.5) is 0 Å². The van der Waals surface area contributed by atoms with Crippen molar-refractivity contribution in [2.45, 2.75) is 50.3 Å². The van der Waals surface area contributed by atoms with Crippen molar-refractivity contribution < 1.29 is 14.1 Å². The van der Waals surface area contributed by atoms with E-state index in [4.69, 9.17) is 9.26 Å². The van der Waals surface area contributed by atoms with Crippen LogP contribution in [0.15, 0.2) is 33.7 Å². The zero-order valence-corrected chi connectivity index (χ0v) is 18.9. The summed E-state index contributed by atoms with van der Waals surface area (Å²) >= 11 is 1.55. The van der Waals surface area contributed by atoms with Crippen molar-refractivity contribution in [3.05, 3.63) is 41.5 Å². The number of aryl methyl sites for hydroxylation is 1. The Labute approximate surface area is 182 Å². The Morgan fingerprint density at radius 2 is 1.97 bits per heavy atom. The third-order valence-corrected chi connectivity index (χ3v) is 6.71. The summed E-state index contributed by atoms with van der Waals surface area (Å²) in [7, 11) is 0. The molecule has 1 amide bonds. The fourth-order valence-corrected chi connectivity index (χ4v) is 4.84. The quantitative estimate of drug-likeness (QED) is 0.575. The Bertz CT molecular complexity index is 803. The molecule has 30 heavy (non-hydrogen) atoms. The predicted octanol–water partition coefficient (Wildman–Crippen LogP) is 3.54. The average Bonchev–Trinajstić information content (AvgIpc) is 3.21. The molecule has 2 heterocycles. The second-order valence-electron chi connectivity index (χ2n) is 7.52. The van der Waals surface area contributed by atoms with Crippen molar-refractivity contribution in [3.8, 4) is 0 Å². The summed E-state index contributed by atoms with van der Waals surface area (Å²) < 4.78 is 10.6. The van der Waals surface area contributed by atoms with Crippen LogP contribution in [0.2, 0.25) is 0 Å². The van der Waals surface area contributed by atoms with Crippen molar-refractivity contribution in [3.63, 3.8) is 0 Å². The lowest BCUT2D eigenvalue weighted by Crippen LogP contribution is -2.52. The van der Waals surface area contributed by atoms with Gasteiger partial charge in [-0.2, -0.15) is 4.98 Å². The number of carbonyl (C=O) groups excluding carboxylic acids is 1. The number of carbonyl (C=O) groups is 1. The Balaban J connectivity index is 1.65. The molecule has 0 spiro atoms. The number of aromatic nitrogens is 2. The summed E-state index contributed by atoms with van der Waals surface area (Å²) in [5.41, 5.74) is 0.688. The first kappa shape index (κ1) is 22.8. The van der Waals surface area contributed by atoms with E-state index in [9.17, 15) is 4.79 Å². The molecule has 1 saturated heterocycles. The summed E-state index contributed by atoms with van der Waals surface area (Å²) in [6.07, 6.45) is 2.20. The monoisotopic (exact) mass is 432 g/mol. The van der Waals surface area contributed by atoms with E-state index in [2.05, 4.69) is 34.2 Å². The highest BCUT2D eigenvalue weighted by Crippen LogP contribution is 2.26. The lowest BCUT2D eigenvalue weighted by atomic mass is 9.92. The molecule has 3 rings (SSSR count). The van der Waals surface area contributed by atoms with Crippen LogP contribution in [0.5, 0.6) is 0 Å². The topological polar surface area (TPSA) is 80.5 Å². The van der Waals surface area contributed by atoms with Crippen LogP contribution in [0.25, 0.3) is 0 Å². The Morgan fingerprint density at radius 3 is 2.63 bits per heavy atom. The molecule has 1 unspecified atom stereocenters. The number of benzene rings is 1. The number of hydrogen-bond donors (Lipinski definition) is 1. The van der Waals surface area contributed by atoms with Gasteiger partial charge in [0.15, 0.2) is 5.82 Å². The molecule has 1 aliphatic rings. The number of amides is 1. The summed E-state index contributed by atoms with van der Waals surface area (Å²) in [4.78, 5) is 20.7. The molecule has 1 aromatic heterocycles. The number of morpholine rings is 1. The van der Waals surface area contributed by atoms with E-state index in [1.807, 2.05) is 24.3 Å². The van der Waals surface area contributed by atoms with Crippen LogP contribution in [0.1, 0.15) is 48.8 Å². The highest BCUT2D eigenvalue weighted by Gasteiger charge is 2.27. The summed E-state index contributed by atoms with van der Waals surface area (Å²) in [6.45, 7) is 10.3. The van der Waals surface area contributed by atoms with Crippen molar-refractivity contribution in [2.75, 3.05) is 32.8 Å². The largest absolute Gasteiger partial charge is 0.379 e. The molecular formula is C22H32N4O3S. The van der Waals surface area contributed by atoms with Gasteiger partial charge in [-0.25, -0.2) is 0 Å². The molecule has 0 aliphatic carbocycles. The number of nitrogens with one attached hydrogen (secondary N) is 1. The van der Waals surface area contributed by atoms with Crippen LogP contribution in [-0.4, -0.2) is 59.8 Å². The normalized spacial score (nSPS) is 16.0. The summed E-state index contributed by atoms with van der Waals surface area (Å²) in [5, 5.41) is 7.14. The minimum Gasteiger partial charge on any atom is -0.379 e. The van der Waals surface area contributed by atoms with Crippen molar-refractivity contribution in [1.29, 1.82) is 0 Å². The minimum absolute atomic E-state index is 0.0355. The van der Waals surface area contributed by atoms with Gasteiger partial charge in [-0.15, -0.1) is 11.8 Å². The smallest absolute Gasteiger partial charge is 0.252 e. The molecule has 1 aromatic carbocycles. The maximum Gasteiger partial charge on any atom is 0.252 e. The molecule has 7 nitrogen and oxygen atoms in total. The first-order valence-corrected chi connectivity index (χ1v) is 11.7. The third-order valence-electron chi connectivity index (χ3n) is 5.64. The molecule has 1 aliphatic heterocycles. The van der Waals surface area contributed by atoms with Gasteiger partial charge in [0.25, 0.3) is 5.91 Å². The number of rotatable bonds is 10. The van der Waals surface area contributed by atoms with Crippen molar-refractivity contribution in [2.24, 2.45) is 5.92 Å². The van der Waals surface area contributed by atoms with E-state index < -0.39 is 0 Å². The third kappa shape index (κ3) is 6.06. The Morgan fingerprint density at radius 1 is 1.23 bits per heavy atom.